The van der Waals surface area contributed by atoms with E-state index < -0.39 is 10.2 Å². The summed E-state index contributed by atoms with van der Waals surface area (Å²) in [6.07, 6.45) is 0.522. The molecule has 0 amide bonds. The van der Waals surface area contributed by atoms with E-state index >= 15 is 0 Å². The third kappa shape index (κ3) is 3.58. The second-order valence-electron chi connectivity index (χ2n) is 3.43. The van der Waals surface area contributed by atoms with Crippen molar-refractivity contribution in [3.05, 3.63) is 24.3 Å². The van der Waals surface area contributed by atoms with E-state index in [0.29, 0.717) is 24.4 Å². The van der Waals surface area contributed by atoms with Crippen LogP contribution in [0.4, 0.5) is 5.69 Å². The second kappa shape index (κ2) is 5.85. The van der Waals surface area contributed by atoms with Gasteiger partial charge >= 0.3 is 0 Å². The number of rotatable bonds is 6. The zero-order valence-corrected chi connectivity index (χ0v) is 10.5. The van der Waals surface area contributed by atoms with Gasteiger partial charge in [0.25, 0.3) is 10.2 Å². The van der Waals surface area contributed by atoms with E-state index in [4.69, 9.17) is 15.6 Å². The standard InChI is InChI=1S/C10H17N3O3S/c1-16-10-6-3-2-5-9(10)13(8-4-7-11)17(12,14)15/h2-3,5-6H,4,7-8,11H2,1H3,(H2,12,14,15). The Morgan fingerprint density at radius 1 is 1.35 bits per heavy atom. The number of hydrogen-bond acceptors (Lipinski definition) is 4. The summed E-state index contributed by atoms with van der Waals surface area (Å²) >= 11 is 0. The first-order chi connectivity index (χ1) is 8.00. The Hall–Kier alpha value is -1.31. The first-order valence-corrected chi connectivity index (χ1v) is 6.64. The van der Waals surface area contributed by atoms with Gasteiger partial charge in [0.2, 0.25) is 0 Å². The van der Waals surface area contributed by atoms with E-state index in [1.54, 1.807) is 24.3 Å². The SMILES string of the molecule is COc1ccccc1N(CCCN)S(N)(=O)=O. The minimum absolute atomic E-state index is 0.232. The molecule has 4 N–H and O–H groups in total. The van der Waals surface area contributed by atoms with Crippen molar-refractivity contribution >= 4 is 15.9 Å². The summed E-state index contributed by atoms with van der Waals surface area (Å²) in [5.41, 5.74) is 5.80. The fraction of sp³-hybridized carbons (Fsp3) is 0.400. The molecule has 0 aliphatic carbocycles. The Balaban J connectivity index is 3.13. The largest absolute Gasteiger partial charge is 0.495 e. The molecule has 96 valence electrons. The number of para-hydroxylation sites is 2. The van der Waals surface area contributed by atoms with E-state index in [-0.39, 0.29) is 6.54 Å². The van der Waals surface area contributed by atoms with Gasteiger partial charge < -0.3 is 10.5 Å². The van der Waals surface area contributed by atoms with Crippen LogP contribution >= 0.6 is 0 Å². The summed E-state index contributed by atoms with van der Waals surface area (Å²) in [6.45, 7) is 0.622. The lowest BCUT2D eigenvalue weighted by Gasteiger charge is -2.23. The lowest BCUT2D eigenvalue weighted by molar-refractivity contribution is 0.415. The highest BCUT2D eigenvalue weighted by atomic mass is 32.2. The van der Waals surface area contributed by atoms with E-state index in [9.17, 15) is 8.42 Å². The van der Waals surface area contributed by atoms with Crippen LogP contribution in [0.5, 0.6) is 5.75 Å². The first kappa shape index (κ1) is 13.8. The molecule has 7 heteroatoms. The number of ether oxygens (including phenoxy) is 1. The van der Waals surface area contributed by atoms with Gasteiger partial charge in [-0.1, -0.05) is 12.1 Å². The van der Waals surface area contributed by atoms with Gasteiger partial charge in [-0.2, -0.15) is 8.42 Å². The van der Waals surface area contributed by atoms with E-state index in [2.05, 4.69) is 0 Å². The molecule has 0 atom stereocenters. The predicted octanol–water partition coefficient (Wildman–Crippen LogP) is 0.0539. The van der Waals surface area contributed by atoms with Crippen LogP contribution in [0.25, 0.3) is 0 Å². The average Bonchev–Trinajstić information content (AvgIpc) is 2.28. The smallest absolute Gasteiger partial charge is 0.299 e. The van der Waals surface area contributed by atoms with E-state index in [1.165, 1.54) is 7.11 Å². The number of hydrogen-bond donors (Lipinski definition) is 2. The molecule has 17 heavy (non-hydrogen) atoms. The van der Waals surface area contributed by atoms with Crippen LogP contribution in [0.2, 0.25) is 0 Å². The van der Waals surface area contributed by atoms with Crippen LogP contribution in [0.3, 0.4) is 0 Å². The molecular formula is C10H17N3O3S. The summed E-state index contributed by atoms with van der Waals surface area (Å²) in [4.78, 5) is 0. The molecule has 1 aromatic rings. The Morgan fingerprint density at radius 3 is 2.53 bits per heavy atom. The molecule has 1 aromatic carbocycles. The molecule has 0 heterocycles. The molecule has 0 aromatic heterocycles. The lowest BCUT2D eigenvalue weighted by atomic mass is 10.3. The van der Waals surface area contributed by atoms with Crippen LogP contribution in [-0.4, -0.2) is 28.6 Å². The number of methoxy groups -OCH3 is 1. The highest BCUT2D eigenvalue weighted by Crippen LogP contribution is 2.28. The van der Waals surface area contributed by atoms with E-state index in [1.807, 2.05) is 0 Å². The minimum atomic E-state index is -3.83. The number of nitrogens with zero attached hydrogens (tertiary/aromatic N) is 1. The highest BCUT2D eigenvalue weighted by molar-refractivity contribution is 7.90. The first-order valence-electron chi connectivity index (χ1n) is 5.14. The van der Waals surface area contributed by atoms with E-state index in [0.717, 1.165) is 4.31 Å². The van der Waals surface area contributed by atoms with Crippen molar-refractivity contribution in [1.29, 1.82) is 0 Å². The quantitative estimate of drug-likeness (QED) is 0.754. The highest BCUT2D eigenvalue weighted by Gasteiger charge is 2.20. The van der Waals surface area contributed by atoms with Crippen LogP contribution in [0, 0.1) is 0 Å². The molecule has 6 nitrogen and oxygen atoms in total. The van der Waals surface area contributed by atoms with Gasteiger partial charge in [-0.3, -0.25) is 4.31 Å². The van der Waals surface area contributed by atoms with Crippen LogP contribution in [0.1, 0.15) is 6.42 Å². The molecule has 0 saturated heterocycles. The third-order valence-corrected chi connectivity index (χ3v) is 3.22. The van der Waals surface area contributed by atoms with Gasteiger partial charge in [0, 0.05) is 6.54 Å². The fourth-order valence-corrected chi connectivity index (χ4v) is 2.26. The molecule has 0 bridgehead atoms. The Labute approximate surface area is 101 Å². The zero-order valence-electron chi connectivity index (χ0n) is 9.67. The average molecular weight is 259 g/mol. The van der Waals surface area contributed by atoms with Gasteiger partial charge in [0.1, 0.15) is 5.75 Å². The van der Waals surface area contributed by atoms with Crippen molar-refractivity contribution in [3.8, 4) is 5.75 Å². The molecule has 1 rings (SSSR count). The molecule has 0 saturated carbocycles. The summed E-state index contributed by atoms with van der Waals surface area (Å²) in [7, 11) is -2.35. The molecule has 0 aliphatic rings. The van der Waals surface area contributed by atoms with Crippen LogP contribution in [-0.2, 0) is 10.2 Å². The van der Waals surface area contributed by atoms with Gasteiger partial charge in [-0.15, -0.1) is 0 Å². The number of anilines is 1. The summed E-state index contributed by atoms with van der Waals surface area (Å²) < 4.78 is 29.2. The van der Waals surface area contributed by atoms with Crippen molar-refractivity contribution in [2.45, 2.75) is 6.42 Å². The van der Waals surface area contributed by atoms with Crippen molar-refractivity contribution in [3.63, 3.8) is 0 Å². The van der Waals surface area contributed by atoms with Crippen molar-refractivity contribution in [2.24, 2.45) is 10.9 Å². The molecular weight excluding hydrogens is 242 g/mol. The van der Waals surface area contributed by atoms with Gasteiger partial charge in [-0.25, -0.2) is 5.14 Å². The Morgan fingerprint density at radius 2 is 2.00 bits per heavy atom. The summed E-state index contributed by atoms with van der Waals surface area (Å²) in [5.74, 6) is 0.457. The van der Waals surface area contributed by atoms with Gasteiger partial charge in [-0.05, 0) is 25.1 Å². The second-order valence-corrected chi connectivity index (χ2v) is 4.90. The molecule has 0 fully saturated rings. The van der Waals surface area contributed by atoms with Crippen molar-refractivity contribution in [2.75, 3.05) is 24.5 Å². The van der Waals surface area contributed by atoms with Crippen molar-refractivity contribution in [1.82, 2.24) is 0 Å². The summed E-state index contributed by atoms with van der Waals surface area (Å²) in [5, 5.41) is 5.18. The minimum Gasteiger partial charge on any atom is -0.495 e. The van der Waals surface area contributed by atoms with Crippen LogP contribution < -0.4 is 19.9 Å². The molecule has 0 aliphatic heterocycles. The zero-order chi connectivity index (χ0) is 12.9. The van der Waals surface area contributed by atoms with Crippen molar-refractivity contribution < 1.29 is 13.2 Å². The third-order valence-electron chi connectivity index (χ3n) is 2.23. The van der Waals surface area contributed by atoms with Crippen LogP contribution in [0.15, 0.2) is 24.3 Å². The lowest BCUT2D eigenvalue weighted by Crippen LogP contribution is -2.38. The fourth-order valence-electron chi connectivity index (χ4n) is 1.46. The maximum absolute atomic E-state index is 11.5. The predicted molar refractivity (Wildman–Crippen MR) is 67.1 cm³/mol. The monoisotopic (exact) mass is 259 g/mol. The number of nitrogens with two attached hydrogens (primary N) is 2. The number of benzene rings is 1. The Bertz CT molecular complexity index is 462. The van der Waals surface area contributed by atoms with Gasteiger partial charge in [0.15, 0.2) is 0 Å². The summed E-state index contributed by atoms with van der Waals surface area (Å²) in [6, 6.07) is 6.79. The maximum Gasteiger partial charge on any atom is 0.299 e. The topological polar surface area (TPSA) is 98.7 Å². The van der Waals surface area contributed by atoms with Gasteiger partial charge in [0.05, 0.1) is 12.8 Å². The molecule has 0 unspecified atom stereocenters. The molecule has 0 spiro atoms. The molecule has 0 radical (unpaired) electrons. The Kier molecular flexibility index (Phi) is 4.73. The normalized spacial score (nSPS) is 11.2. The maximum atomic E-state index is 11.5.